The number of aromatic nitrogens is 7. The van der Waals surface area contributed by atoms with Crippen LogP contribution in [0.1, 0.15) is 0 Å². The summed E-state index contributed by atoms with van der Waals surface area (Å²) in [6, 6.07) is 9.95. The minimum Gasteiger partial charge on any atom is -0.472 e. The van der Waals surface area contributed by atoms with E-state index in [0.29, 0.717) is 17.2 Å². The Morgan fingerprint density at radius 2 is 1.86 bits per heavy atom. The number of aromatic amines is 2. The number of nitrogens with one attached hydrogen (secondary N) is 2. The normalized spacial score (nSPS) is 11.4. The van der Waals surface area contributed by atoms with Gasteiger partial charge >= 0.3 is 0 Å². The molecule has 8 heteroatoms. The van der Waals surface area contributed by atoms with Gasteiger partial charge in [0.05, 0.1) is 28.9 Å². The Bertz CT molecular complexity index is 1450. The van der Waals surface area contributed by atoms with Crippen LogP contribution in [-0.2, 0) is 0 Å². The van der Waals surface area contributed by atoms with E-state index in [1.165, 1.54) is 6.33 Å². The van der Waals surface area contributed by atoms with Crippen molar-refractivity contribution >= 4 is 22.1 Å². The van der Waals surface area contributed by atoms with E-state index in [2.05, 4.69) is 30.1 Å². The minimum absolute atomic E-state index is 0.672. The quantitative estimate of drug-likeness (QED) is 0.476. The molecule has 29 heavy (non-hydrogen) atoms. The van der Waals surface area contributed by atoms with Gasteiger partial charge in [-0.05, 0) is 18.2 Å². The first kappa shape index (κ1) is 15.7. The van der Waals surface area contributed by atoms with Gasteiger partial charge in [-0.3, -0.25) is 5.10 Å². The number of hydrogen-bond donors (Lipinski definition) is 2. The van der Waals surface area contributed by atoms with Crippen molar-refractivity contribution in [1.29, 1.82) is 0 Å². The predicted molar refractivity (Wildman–Crippen MR) is 108 cm³/mol. The largest absolute Gasteiger partial charge is 0.472 e. The Kier molecular flexibility index (Phi) is 3.30. The van der Waals surface area contributed by atoms with Gasteiger partial charge in [-0.2, -0.15) is 5.10 Å². The van der Waals surface area contributed by atoms with E-state index in [-0.39, 0.29) is 0 Å². The lowest BCUT2D eigenvalue weighted by atomic mass is 10.1. The van der Waals surface area contributed by atoms with Crippen molar-refractivity contribution in [2.24, 2.45) is 0 Å². The molecular weight excluding hydrogens is 366 g/mol. The monoisotopic (exact) mass is 379 g/mol. The molecule has 138 valence electrons. The Labute approximate surface area is 163 Å². The summed E-state index contributed by atoms with van der Waals surface area (Å²) in [6.45, 7) is 0. The maximum atomic E-state index is 5.24. The Balaban J connectivity index is 1.53. The second-order valence-corrected chi connectivity index (χ2v) is 6.62. The molecule has 0 bridgehead atoms. The number of furan rings is 1. The number of fused-ring (bicyclic) bond motifs is 2. The molecule has 1 aromatic carbocycles. The summed E-state index contributed by atoms with van der Waals surface area (Å²) in [5.74, 6) is 0.672. The topological polar surface area (TPSA) is 109 Å². The van der Waals surface area contributed by atoms with E-state index < -0.39 is 0 Å². The average molecular weight is 379 g/mol. The van der Waals surface area contributed by atoms with E-state index >= 15 is 0 Å². The Morgan fingerprint density at radius 3 is 2.72 bits per heavy atom. The highest BCUT2D eigenvalue weighted by molar-refractivity contribution is 5.97. The fourth-order valence-corrected chi connectivity index (χ4v) is 3.48. The summed E-state index contributed by atoms with van der Waals surface area (Å²) in [6.07, 6.45) is 10.2. The van der Waals surface area contributed by atoms with E-state index in [1.54, 1.807) is 31.1 Å². The number of rotatable bonds is 3. The predicted octanol–water partition coefficient (Wildman–Crippen LogP) is 4.22. The van der Waals surface area contributed by atoms with E-state index in [4.69, 9.17) is 9.40 Å². The van der Waals surface area contributed by atoms with Crippen molar-refractivity contribution in [3.05, 3.63) is 67.8 Å². The van der Waals surface area contributed by atoms with Crippen LogP contribution in [0.4, 0.5) is 0 Å². The third-order valence-electron chi connectivity index (χ3n) is 4.88. The number of benzene rings is 1. The highest BCUT2D eigenvalue weighted by Gasteiger charge is 2.16. The van der Waals surface area contributed by atoms with E-state index in [1.807, 2.05) is 30.3 Å². The van der Waals surface area contributed by atoms with E-state index in [0.717, 1.165) is 38.7 Å². The Morgan fingerprint density at radius 1 is 0.931 bits per heavy atom. The zero-order valence-electron chi connectivity index (χ0n) is 15.0. The molecule has 5 aromatic heterocycles. The molecule has 0 saturated heterocycles. The summed E-state index contributed by atoms with van der Waals surface area (Å²) in [5.41, 5.74) is 6.97. The summed E-state index contributed by atoms with van der Waals surface area (Å²) in [4.78, 5) is 20.9. The second kappa shape index (κ2) is 6.10. The molecule has 8 nitrogen and oxygen atoms in total. The van der Waals surface area contributed by atoms with Crippen LogP contribution in [0.2, 0.25) is 0 Å². The van der Waals surface area contributed by atoms with Gasteiger partial charge in [-0.15, -0.1) is 0 Å². The molecular formula is C21H13N7O. The standard InChI is InChI=1S/C21H13N7O/c1-2-15(12-4-5-29-10-12)18-17(3-1)25-21(26-18)19-16-6-13(9-24-20(16)28-27-19)14-7-22-11-23-8-14/h1-11H,(H,25,26)(H,24,27,28). The molecule has 2 N–H and O–H groups in total. The molecule has 0 atom stereocenters. The smallest absolute Gasteiger partial charge is 0.159 e. The molecule has 0 radical (unpaired) electrons. The fraction of sp³-hybridized carbons (Fsp3) is 0. The van der Waals surface area contributed by atoms with Crippen molar-refractivity contribution in [3.8, 4) is 33.8 Å². The van der Waals surface area contributed by atoms with Crippen LogP contribution in [-0.4, -0.2) is 35.1 Å². The molecule has 0 aliphatic rings. The summed E-state index contributed by atoms with van der Waals surface area (Å²) in [5, 5.41) is 8.31. The molecule has 6 rings (SSSR count). The van der Waals surface area contributed by atoms with Crippen molar-refractivity contribution < 1.29 is 4.42 Å². The van der Waals surface area contributed by atoms with Crippen LogP contribution < -0.4 is 0 Å². The number of para-hydroxylation sites is 1. The lowest BCUT2D eigenvalue weighted by Crippen LogP contribution is -1.85. The first-order chi connectivity index (χ1) is 14.4. The van der Waals surface area contributed by atoms with Crippen LogP contribution in [0.15, 0.2) is 72.2 Å². The summed E-state index contributed by atoms with van der Waals surface area (Å²) >= 11 is 0. The highest BCUT2D eigenvalue weighted by atomic mass is 16.3. The van der Waals surface area contributed by atoms with Crippen LogP contribution in [0.5, 0.6) is 0 Å². The zero-order chi connectivity index (χ0) is 19.2. The second-order valence-electron chi connectivity index (χ2n) is 6.62. The van der Waals surface area contributed by atoms with Gasteiger partial charge in [0, 0.05) is 40.8 Å². The molecule has 0 aliphatic carbocycles. The van der Waals surface area contributed by atoms with Gasteiger partial charge in [-0.25, -0.2) is 19.9 Å². The van der Waals surface area contributed by atoms with Crippen molar-refractivity contribution in [2.75, 3.05) is 0 Å². The third-order valence-corrected chi connectivity index (χ3v) is 4.88. The molecule has 6 aromatic rings. The maximum absolute atomic E-state index is 5.24. The molecule has 0 amide bonds. The van der Waals surface area contributed by atoms with Crippen LogP contribution in [0, 0.1) is 0 Å². The maximum Gasteiger partial charge on any atom is 0.159 e. The fourth-order valence-electron chi connectivity index (χ4n) is 3.48. The number of pyridine rings is 1. The average Bonchev–Trinajstić information content (AvgIpc) is 3.52. The first-order valence-electron chi connectivity index (χ1n) is 8.98. The van der Waals surface area contributed by atoms with Gasteiger partial charge in [0.1, 0.15) is 12.0 Å². The molecule has 0 spiro atoms. The van der Waals surface area contributed by atoms with Crippen molar-refractivity contribution in [3.63, 3.8) is 0 Å². The SMILES string of the molecule is c1cc(-c2ccoc2)c2nc(-c3n[nH]c4ncc(-c5cncnc5)cc34)[nH]c2c1. The van der Waals surface area contributed by atoms with Gasteiger partial charge < -0.3 is 9.40 Å². The number of nitrogens with zero attached hydrogens (tertiary/aromatic N) is 5. The van der Waals surface area contributed by atoms with Crippen LogP contribution in [0.3, 0.4) is 0 Å². The van der Waals surface area contributed by atoms with Crippen LogP contribution >= 0.6 is 0 Å². The van der Waals surface area contributed by atoms with Gasteiger partial charge in [0.15, 0.2) is 11.5 Å². The molecule has 0 saturated carbocycles. The third kappa shape index (κ3) is 2.50. The zero-order valence-corrected chi connectivity index (χ0v) is 15.0. The molecule has 0 unspecified atom stereocenters. The van der Waals surface area contributed by atoms with Gasteiger partial charge in [-0.1, -0.05) is 12.1 Å². The van der Waals surface area contributed by atoms with Crippen molar-refractivity contribution in [1.82, 2.24) is 35.1 Å². The number of H-pyrrole nitrogens is 2. The molecule has 0 fully saturated rings. The lowest BCUT2D eigenvalue weighted by molar-refractivity contribution is 0.568. The highest BCUT2D eigenvalue weighted by Crippen LogP contribution is 2.32. The van der Waals surface area contributed by atoms with Gasteiger partial charge in [0.25, 0.3) is 0 Å². The summed E-state index contributed by atoms with van der Waals surface area (Å²) < 4.78 is 5.24. The first-order valence-corrected chi connectivity index (χ1v) is 8.98. The number of hydrogen-bond acceptors (Lipinski definition) is 6. The minimum atomic E-state index is 0.672. The summed E-state index contributed by atoms with van der Waals surface area (Å²) in [7, 11) is 0. The Hall–Kier alpha value is -4.33. The van der Waals surface area contributed by atoms with Crippen molar-refractivity contribution in [2.45, 2.75) is 0 Å². The van der Waals surface area contributed by atoms with Crippen LogP contribution in [0.25, 0.3) is 55.8 Å². The lowest BCUT2D eigenvalue weighted by Gasteiger charge is -2.00. The molecule has 5 heterocycles. The van der Waals surface area contributed by atoms with E-state index in [9.17, 15) is 0 Å². The number of imidazole rings is 1. The van der Waals surface area contributed by atoms with Gasteiger partial charge in [0.2, 0.25) is 0 Å². The molecule has 0 aliphatic heterocycles.